The topological polar surface area (TPSA) is 106 Å². The van der Waals surface area contributed by atoms with Gasteiger partial charge in [-0.1, -0.05) is 0 Å². The van der Waals surface area contributed by atoms with Crippen LogP contribution in [-0.2, 0) is 11.3 Å². The Balaban J connectivity index is 2.41. The van der Waals surface area contributed by atoms with Crippen molar-refractivity contribution in [2.75, 3.05) is 12.3 Å². The van der Waals surface area contributed by atoms with E-state index in [1.165, 1.54) is 11.0 Å². The number of nitrogens with two attached hydrogens (primary N) is 1. The summed E-state index contributed by atoms with van der Waals surface area (Å²) < 4.78 is 1.33. The summed E-state index contributed by atoms with van der Waals surface area (Å²) in [7, 11) is 0. The molecule has 1 heterocycles. The minimum Gasteiger partial charge on any atom is -0.394 e. The molecule has 0 saturated heterocycles. The van der Waals surface area contributed by atoms with Crippen LogP contribution in [-0.4, -0.2) is 38.4 Å². The van der Waals surface area contributed by atoms with Gasteiger partial charge in [-0.05, 0) is 6.92 Å². The molecule has 0 aliphatic carbocycles. The summed E-state index contributed by atoms with van der Waals surface area (Å²) in [5, 5.41) is 15.0. The number of rotatable bonds is 4. The third kappa shape index (κ3) is 3.02. The fourth-order valence-electron chi connectivity index (χ4n) is 0.898. The van der Waals surface area contributed by atoms with Crippen molar-refractivity contribution >= 4 is 11.9 Å². The molecule has 1 rings (SSSR count). The number of hydrogen-bond acceptors (Lipinski definition) is 5. The van der Waals surface area contributed by atoms with E-state index in [-0.39, 0.29) is 31.0 Å². The first kappa shape index (κ1) is 10.5. The van der Waals surface area contributed by atoms with Crippen molar-refractivity contribution in [3.8, 4) is 0 Å². The van der Waals surface area contributed by atoms with Crippen molar-refractivity contribution in [3.05, 3.63) is 6.33 Å². The third-order valence-corrected chi connectivity index (χ3v) is 1.54. The van der Waals surface area contributed by atoms with Crippen LogP contribution in [0.2, 0.25) is 0 Å². The molecule has 14 heavy (non-hydrogen) atoms. The van der Waals surface area contributed by atoms with Gasteiger partial charge in [0.05, 0.1) is 6.61 Å². The number of nitrogen functional groups attached to an aromatic ring is 1. The molecule has 1 amide bonds. The number of carbonyl (C=O) groups is 1. The van der Waals surface area contributed by atoms with Crippen LogP contribution < -0.4 is 11.1 Å². The second-order valence-corrected chi connectivity index (χ2v) is 2.95. The summed E-state index contributed by atoms with van der Waals surface area (Å²) in [5.41, 5.74) is 5.27. The van der Waals surface area contributed by atoms with Gasteiger partial charge in [-0.3, -0.25) is 4.79 Å². The van der Waals surface area contributed by atoms with Crippen molar-refractivity contribution < 1.29 is 9.90 Å². The Morgan fingerprint density at radius 1 is 1.86 bits per heavy atom. The summed E-state index contributed by atoms with van der Waals surface area (Å²) >= 11 is 0. The van der Waals surface area contributed by atoms with E-state index in [0.717, 1.165) is 0 Å². The van der Waals surface area contributed by atoms with Crippen molar-refractivity contribution in [2.45, 2.75) is 19.5 Å². The Hall–Kier alpha value is -1.63. The number of aromatic nitrogens is 3. The van der Waals surface area contributed by atoms with E-state index in [4.69, 9.17) is 10.8 Å². The van der Waals surface area contributed by atoms with Gasteiger partial charge in [0.15, 0.2) is 0 Å². The van der Waals surface area contributed by atoms with E-state index >= 15 is 0 Å². The number of amides is 1. The average Bonchev–Trinajstić information content (AvgIpc) is 2.50. The zero-order chi connectivity index (χ0) is 10.6. The highest BCUT2D eigenvalue weighted by molar-refractivity contribution is 5.75. The van der Waals surface area contributed by atoms with Gasteiger partial charge in [-0.25, -0.2) is 9.67 Å². The Morgan fingerprint density at radius 3 is 3.07 bits per heavy atom. The maximum atomic E-state index is 11.2. The van der Waals surface area contributed by atoms with Gasteiger partial charge in [0.1, 0.15) is 12.9 Å². The van der Waals surface area contributed by atoms with E-state index in [1.54, 1.807) is 6.92 Å². The zero-order valence-corrected chi connectivity index (χ0v) is 7.84. The van der Waals surface area contributed by atoms with Crippen LogP contribution in [0.5, 0.6) is 0 Å². The lowest BCUT2D eigenvalue weighted by atomic mass is 10.3. The molecule has 0 saturated carbocycles. The number of carbonyl (C=O) groups excluding carboxylic acids is 1. The van der Waals surface area contributed by atoms with Gasteiger partial charge in [0.25, 0.3) is 0 Å². The molecule has 0 aliphatic heterocycles. The highest BCUT2D eigenvalue weighted by Crippen LogP contribution is 1.89. The SMILES string of the molecule is C[C@@H](CO)NC(=O)Cn1cnc(N)n1. The molecular formula is C7H13N5O2. The fourth-order valence-corrected chi connectivity index (χ4v) is 0.898. The molecule has 0 aliphatic rings. The van der Waals surface area contributed by atoms with Crippen LogP contribution in [0, 0.1) is 0 Å². The van der Waals surface area contributed by atoms with E-state index in [9.17, 15) is 4.79 Å². The van der Waals surface area contributed by atoms with Gasteiger partial charge in [0.2, 0.25) is 11.9 Å². The van der Waals surface area contributed by atoms with Gasteiger partial charge in [-0.15, -0.1) is 5.10 Å². The summed E-state index contributed by atoms with van der Waals surface area (Å²) in [6.45, 7) is 1.66. The second kappa shape index (κ2) is 4.56. The van der Waals surface area contributed by atoms with E-state index in [2.05, 4.69) is 15.4 Å². The number of nitrogens with one attached hydrogen (secondary N) is 1. The minimum atomic E-state index is -0.261. The predicted octanol–water partition coefficient (Wildman–Crippen LogP) is -1.64. The van der Waals surface area contributed by atoms with Crippen LogP contribution in [0.1, 0.15) is 6.92 Å². The van der Waals surface area contributed by atoms with E-state index in [0.29, 0.717) is 0 Å². The molecule has 0 aromatic carbocycles. The number of hydrogen-bond donors (Lipinski definition) is 3. The molecule has 4 N–H and O–H groups in total. The molecule has 1 atom stereocenters. The van der Waals surface area contributed by atoms with Crippen molar-refractivity contribution in [2.24, 2.45) is 0 Å². The maximum Gasteiger partial charge on any atom is 0.242 e. The van der Waals surface area contributed by atoms with Crippen LogP contribution in [0.25, 0.3) is 0 Å². The molecule has 0 spiro atoms. The molecule has 0 radical (unpaired) electrons. The first-order valence-corrected chi connectivity index (χ1v) is 4.17. The molecule has 0 fully saturated rings. The highest BCUT2D eigenvalue weighted by atomic mass is 16.3. The van der Waals surface area contributed by atoms with Crippen molar-refractivity contribution in [3.63, 3.8) is 0 Å². The maximum absolute atomic E-state index is 11.2. The van der Waals surface area contributed by atoms with Crippen LogP contribution in [0.4, 0.5) is 5.95 Å². The monoisotopic (exact) mass is 199 g/mol. The van der Waals surface area contributed by atoms with E-state index in [1.807, 2.05) is 0 Å². The largest absolute Gasteiger partial charge is 0.394 e. The predicted molar refractivity (Wildman–Crippen MR) is 49.1 cm³/mol. The Bertz CT molecular complexity index is 311. The van der Waals surface area contributed by atoms with Crippen molar-refractivity contribution in [1.82, 2.24) is 20.1 Å². The number of aliphatic hydroxyl groups is 1. The van der Waals surface area contributed by atoms with Gasteiger partial charge in [0, 0.05) is 6.04 Å². The normalized spacial score (nSPS) is 12.4. The smallest absolute Gasteiger partial charge is 0.242 e. The quantitative estimate of drug-likeness (QED) is 0.539. The summed E-state index contributed by atoms with van der Waals surface area (Å²) in [5.74, 6) is -0.107. The molecule has 7 nitrogen and oxygen atoms in total. The number of anilines is 1. The molecule has 7 heteroatoms. The van der Waals surface area contributed by atoms with E-state index < -0.39 is 0 Å². The number of nitrogens with zero attached hydrogens (tertiary/aromatic N) is 3. The minimum absolute atomic E-state index is 0.0501. The zero-order valence-electron chi connectivity index (χ0n) is 7.84. The Labute approximate surface area is 80.9 Å². The molecule has 1 aromatic rings. The summed E-state index contributed by atoms with van der Waals surface area (Å²) in [6, 6.07) is -0.261. The Kier molecular flexibility index (Phi) is 3.41. The summed E-state index contributed by atoms with van der Waals surface area (Å²) in [6.07, 6.45) is 1.37. The highest BCUT2D eigenvalue weighted by Gasteiger charge is 2.07. The van der Waals surface area contributed by atoms with Crippen LogP contribution >= 0.6 is 0 Å². The van der Waals surface area contributed by atoms with Crippen molar-refractivity contribution in [1.29, 1.82) is 0 Å². The third-order valence-electron chi connectivity index (χ3n) is 1.54. The second-order valence-electron chi connectivity index (χ2n) is 2.95. The molecule has 78 valence electrons. The molecule has 0 unspecified atom stereocenters. The van der Waals surface area contributed by atoms with Gasteiger partial charge >= 0.3 is 0 Å². The summed E-state index contributed by atoms with van der Waals surface area (Å²) in [4.78, 5) is 14.9. The lowest BCUT2D eigenvalue weighted by Crippen LogP contribution is -2.37. The van der Waals surface area contributed by atoms with Crippen LogP contribution in [0.3, 0.4) is 0 Å². The first-order chi connectivity index (χ1) is 6.61. The standard InChI is InChI=1S/C7H13N5O2/c1-5(3-13)10-6(14)2-12-4-9-7(8)11-12/h4-5,13H,2-3H2,1H3,(H2,8,11)(H,10,14)/t5-/m0/s1. The lowest BCUT2D eigenvalue weighted by Gasteiger charge is -2.09. The van der Waals surface area contributed by atoms with Gasteiger partial charge < -0.3 is 16.2 Å². The fraction of sp³-hybridized carbons (Fsp3) is 0.571. The Morgan fingerprint density at radius 2 is 2.57 bits per heavy atom. The molecular weight excluding hydrogens is 186 g/mol. The lowest BCUT2D eigenvalue weighted by molar-refractivity contribution is -0.122. The van der Waals surface area contributed by atoms with Crippen LogP contribution in [0.15, 0.2) is 6.33 Å². The van der Waals surface area contributed by atoms with Gasteiger partial charge in [-0.2, -0.15) is 0 Å². The average molecular weight is 199 g/mol. The number of aliphatic hydroxyl groups excluding tert-OH is 1. The molecule has 0 bridgehead atoms. The first-order valence-electron chi connectivity index (χ1n) is 4.17. The molecule has 1 aromatic heterocycles.